The highest BCUT2D eigenvalue weighted by Crippen LogP contribution is 2.47. The number of rotatable bonds is 5. The van der Waals surface area contributed by atoms with Gasteiger partial charge >= 0.3 is 0 Å². The lowest BCUT2D eigenvalue weighted by Gasteiger charge is -2.21. The van der Waals surface area contributed by atoms with Crippen molar-refractivity contribution >= 4 is 33.4 Å². The van der Waals surface area contributed by atoms with Crippen LogP contribution in [0, 0.1) is 0 Å². The molecule has 0 unspecified atom stereocenters. The monoisotopic (exact) mass is 674 g/mol. The number of aryl methyl sites for hydroxylation is 2. The lowest BCUT2D eigenvalue weighted by molar-refractivity contribution is 0.921. The lowest BCUT2D eigenvalue weighted by atomic mass is 9.92. The molecule has 3 heterocycles. The Balaban J connectivity index is 1.22. The number of hydrogen-bond acceptors (Lipinski definition) is 2. The average Bonchev–Trinajstić information content (AvgIpc) is 3.72. The Morgan fingerprint density at radius 3 is 1.55 bits per heavy atom. The predicted molar refractivity (Wildman–Crippen MR) is 210 cm³/mol. The van der Waals surface area contributed by atoms with Crippen LogP contribution in [0.5, 0.6) is 0 Å². The molecule has 4 nitrogen and oxygen atoms in total. The smallest absolute Gasteiger partial charge is 0.160 e. The summed E-state index contributed by atoms with van der Waals surface area (Å²) in [6.45, 7) is 0. The molecule has 9 aromatic rings. The maximum atomic E-state index is 6.46. The van der Waals surface area contributed by atoms with Gasteiger partial charge in [-0.2, -0.15) is 0 Å². The predicted octanol–water partition coefficient (Wildman–Crippen LogP) is 11.8. The van der Waals surface area contributed by atoms with Crippen molar-refractivity contribution in [1.82, 2.24) is 19.1 Å². The Bertz CT molecular complexity index is 2760. The van der Waals surface area contributed by atoms with Gasteiger partial charge in [0.15, 0.2) is 5.82 Å². The van der Waals surface area contributed by atoms with Crippen LogP contribution in [-0.4, -0.2) is 19.1 Å². The van der Waals surface area contributed by atoms with Crippen LogP contribution in [0.3, 0.4) is 0 Å². The number of halogens is 1. The van der Waals surface area contributed by atoms with Gasteiger partial charge in [0.05, 0.1) is 33.8 Å². The molecule has 0 fully saturated rings. The number of benzene rings is 6. The summed E-state index contributed by atoms with van der Waals surface area (Å²) in [6.07, 6.45) is 1.97. The second-order valence-corrected chi connectivity index (χ2v) is 13.5. The summed E-state index contributed by atoms with van der Waals surface area (Å²) in [7, 11) is 0. The Kier molecular flexibility index (Phi) is 6.97. The quantitative estimate of drug-likeness (QED) is 0.182. The van der Waals surface area contributed by atoms with Gasteiger partial charge in [-0.3, -0.25) is 0 Å². The number of aromatic nitrogens is 4. The van der Waals surface area contributed by atoms with Gasteiger partial charge in [0.25, 0.3) is 0 Å². The van der Waals surface area contributed by atoms with Crippen molar-refractivity contribution in [2.24, 2.45) is 0 Å². The van der Waals surface area contributed by atoms with E-state index in [0.29, 0.717) is 10.8 Å². The molecule has 1 aliphatic carbocycles. The third-order valence-electron chi connectivity index (χ3n) is 10.1. The molecule has 10 rings (SSSR count). The first-order chi connectivity index (χ1) is 25.2. The summed E-state index contributed by atoms with van der Waals surface area (Å²) >= 11 is 6.46. The van der Waals surface area contributed by atoms with E-state index in [1.54, 1.807) is 0 Å². The highest BCUT2D eigenvalue weighted by molar-refractivity contribution is 6.30. The molecule has 0 N–H and O–H groups in total. The van der Waals surface area contributed by atoms with Crippen molar-refractivity contribution in [3.8, 4) is 56.7 Å². The van der Waals surface area contributed by atoms with Gasteiger partial charge in [-0.1, -0.05) is 121 Å². The molecule has 5 heteroatoms. The van der Waals surface area contributed by atoms with Crippen LogP contribution >= 0.6 is 11.6 Å². The van der Waals surface area contributed by atoms with E-state index in [-0.39, 0.29) is 0 Å². The van der Waals surface area contributed by atoms with Gasteiger partial charge in [0.2, 0.25) is 0 Å². The second kappa shape index (κ2) is 12.0. The van der Waals surface area contributed by atoms with Gasteiger partial charge < -0.3 is 9.13 Å². The molecule has 0 amide bonds. The molecule has 51 heavy (non-hydrogen) atoms. The standard InChI is InChI=1S/C46H31ClN4/c47-33-17-11-15-31(27-33)40-29-41(49-46(48-40)30-13-3-1-4-14-30)32-16-12-20-35(28-32)51-43-24-10-8-22-37(43)39-26-25-38-36-21-7-9-23-42(36)50(44(38)45(39)51)34-18-5-2-6-19-34/h1-24,27-29H,25-26H2. The molecular weight excluding hydrogens is 644 g/mol. The molecule has 0 spiro atoms. The van der Waals surface area contributed by atoms with Crippen LogP contribution in [-0.2, 0) is 12.8 Å². The van der Waals surface area contributed by atoms with Gasteiger partial charge in [-0.05, 0) is 78.6 Å². The summed E-state index contributed by atoms with van der Waals surface area (Å²) in [5, 5.41) is 3.29. The molecule has 0 saturated heterocycles. The zero-order chi connectivity index (χ0) is 33.9. The normalized spacial score (nSPS) is 12.3. The van der Waals surface area contributed by atoms with Crippen LogP contribution in [0.1, 0.15) is 11.1 Å². The maximum Gasteiger partial charge on any atom is 0.160 e. The Morgan fingerprint density at radius 2 is 0.922 bits per heavy atom. The van der Waals surface area contributed by atoms with E-state index in [4.69, 9.17) is 21.6 Å². The van der Waals surface area contributed by atoms with Gasteiger partial charge in [0.1, 0.15) is 0 Å². The number of nitrogens with zero attached hydrogens (tertiary/aromatic N) is 4. The maximum absolute atomic E-state index is 6.46. The minimum Gasteiger partial charge on any atom is -0.307 e. The van der Waals surface area contributed by atoms with E-state index in [0.717, 1.165) is 52.3 Å². The molecule has 0 aliphatic heterocycles. The molecule has 0 radical (unpaired) electrons. The fourth-order valence-electron chi connectivity index (χ4n) is 7.89. The van der Waals surface area contributed by atoms with Gasteiger partial charge in [-0.15, -0.1) is 0 Å². The van der Waals surface area contributed by atoms with Crippen molar-refractivity contribution in [3.63, 3.8) is 0 Å². The largest absolute Gasteiger partial charge is 0.307 e. The molecule has 0 atom stereocenters. The first-order valence-electron chi connectivity index (χ1n) is 17.3. The second-order valence-electron chi connectivity index (χ2n) is 13.1. The molecule has 242 valence electrons. The Labute approximate surface area is 300 Å². The van der Waals surface area contributed by atoms with E-state index >= 15 is 0 Å². The summed E-state index contributed by atoms with van der Waals surface area (Å²) in [5.74, 6) is 0.675. The highest BCUT2D eigenvalue weighted by atomic mass is 35.5. The van der Waals surface area contributed by atoms with Gasteiger partial charge in [-0.25, -0.2) is 9.97 Å². The zero-order valence-corrected chi connectivity index (χ0v) is 28.4. The molecule has 0 bridgehead atoms. The van der Waals surface area contributed by atoms with E-state index in [2.05, 4.69) is 130 Å². The third kappa shape index (κ3) is 4.91. The fourth-order valence-corrected chi connectivity index (χ4v) is 8.08. The topological polar surface area (TPSA) is 35.6 Å². The van der Waals surface area contributed by atoms with Crippen molar-refractivity contribution < 1.29 is 0 Å². The van der Waals surface area contributed by atoms with E-state index in [9.17, 15) is 0 Å². The SMILES string of the molecule is Clc1cccc(-c2cc(-c3cccc(-n4c5c(c6ccccc64)CCc4c-5n(-c5ccccc5)c5ccccc45)c3)nc(-c3ccccc3)n2)c1. The summed E-state index contributed by atoms with van der Waals surface area (Å²) in [5.41, 5.74) is 14.6. The highest BCUT2D eigenvalue weighted by Gasteiger charge is 2.31. The van der Waals surface area contributed by atoms with Crippen LogP contribution in [0.2, 0.25) is 5.02 Å². The Hall–Kier alpha value is -6.23. The van der Waals surface area contributed by atoms with Crippen LogP contribution < -0.4 is 0 Å². The number of para-hydroxylation sites is 3. The van der Waals surface area contributed by atoms with Crippen LogP contribution in [0.15, 0.2) is 164 Å². The van der Waals surface area contributed by atoms with Crippen LogP contribution in [0.4, 0.5) is 0 Å². The van der Waals surface area contributed by atoms with Crippen molar-refractivity contribution in [3.05, 3.63) is 180 Å². The average molecular weight is 675 g/mol. The summed E-state index contributed by atoms with van der Waals surface area (Å²) < 4.78 is 4.94. The van der Waals surface area contributed by atoms with E-state index in [1.165, 1.54) is 44.3 Å². The van der Waals surface area contributed by atoms with Crippen molar-refractivity contribution in [1.29, 1.82) is 0 Å². The minimum atomic E-state index is 0.674. The lowest BCUT2D eigenvalue weighted by Crippen LogP contribution is -2.09. The number of fused-ring (bicyclic) bond motifs is 7. The molecule has 0 saturated carbocycles. The number of hydrogen-bond donors (Lipinski definition) is 0. The van der Waals surface area contributed by atoms with E-state index in [1.807, 2.05) is 42.5 Å². The minimum absolute atomic E-state index is 0.674. The molecule has 1 aliphatic rings. The first kappa shape index (κ1) is 29.7. The molecular formula is C46H31ClN4. The van der Waals surface area contributed by atoms with Crippen molar-refractivity contribution in [2.75, 3.05) is 0 Å². The third-order valence-corrected chi connectivity index (χ3v) is 10.3. The summed E-state index contributed by atoms with van der Waals surface area (Å²) in [6, 6.07) is 57.3. The van der Waals surface area contributed by atoms with Crippen LogP contribution in [0.25, 0.3) is 78.5 Å². The molecule has 3 aromatic heterocycles. The fraction of sp³-hybridized carbons (Fsp3) is 0.0435. The van der Waals surface area contributed by atoms with Crippen molar-refractivity contribution in [2.45, 2.75) is 12.8 Å². The van der Waals surface area contributed by atoms with Gasteiger partial charge in [0, 0.05) is 43.9 Å². The Morgan fingerprint density at radius 1 is 0.431 bits per heavy atom. The van der Waals surface area contributed by atoms with E-state index < -0.39 is 0 Å². The molecule has 6 aromatic carbocycles. The first-order valence-corrected chi connectivity index (χ1v) is 17.7. The summed E-state index contributed by atoms with van der Waals surface area (Å²) in [4.78, 5) is 10.2. The zero-order valence-electron chi connectivity index (χ0n) is 27.7.